The van der Waals surface area contributed by atoms with E-state index in [1.54, 1.807) is 18.2 Å². The van der Waals surface area contributed by atoms with Crippen molar-refractivity contribution >= 4 is 11.9 Å². The second-order valence-electron chi connectivity index (χ2n) is 6.79. The van der Waals surface area contributed by atoms with Gasteiger partial charge in [-0.05, 0) is 31.0 Å². The minimum atomic E-state index is -5.08. The third-order valence-corrected chi connectivity index (χ3v) is 4.75. The molecule has 0 saturated carbocycles. The summed E-state index contributed by atoms with van der Waals surface area (Å²) in [4.78, 5) is 23.4. The number of nitrogens with two attached hydrogens (primary N) is 1. The molecule has 1 aromatic heterocycles. The lowest BCUT2D eigenvalue weighted by molar-refractivity contribution is -0.192. The van der Waals surface area contributed by atoms with E-state index in [2.05, 4.69) is 10.3 Å². The molecule has 0 unspecified atom stereocenters. The number of carbonyl (C=O) groups is 2. The molecule has 168 valence electrons. The summed E-state index contributed by atoms with van der Waals surface area (Å²) in [5.74, 6) is -1.42. The zero-order valence-electron chi connectivity index (χ0n) is 16.2. The molecule has 31 heavy (non-hydrogen) atoms. The quantitative estimate of drug-likeness (QED) is 0.731. The highest BCUT2D eigenvalue weighted by atomic mass is 19.4. The molecule has 0 aliphatic carbocycles. The maximum absolute atomic E-state index is 12.7. The Morgan fingerprint density at radius 1 is 1.19 bits per heavy atom. The zero-order chi connectivity index (χ0) is 22.6. The van der Waals surface area contributed by atoms with Crippen molar-refractivity contribution in [3.05, 3.63) is 35.7 Å². The van der Waals surface area contributed by atoms with Gasteiger partial charge < -0.3 is 25.2 Å². The van der Waals surface area contributed by atoms with E-state index in [1.807, 2.05) is 15.8 Å². The van der Waals surface area contributed by atoms with Crippen LogP contribution in [0.5, 0.6) is 11.5 Å². The number of benzene rings is 1. The van der Waals surface area contributed by atoms with Crippen LogP contribution in [0.25, 0.3) is 0 Å². The first kappa shape index (κ1) is 22.3. The third kappa shape index (κ3) is 5.42. The van der Waals surface area contributed by atoms with Crippen LogP contribution in [-0.2, 0) is 11.3 Å². The highest BCUT2D eigenvalue weighted by Gasteiger charge is 2.38. The number of hydrogen-bond donors (Lipinski definition) is 2. The van der Waals surface area contributed by atoms with Gasteiger partial charge in [0.1, 0.15) is 0 Å². The highest BCUT2D eigenvalue weighted by Crippen LogP contribution is 2.33. The Morgan fingerprint density at radius 3 is 2.42 bits per heavy atom. The number of amides is 1. The smallest absolute Gasteiger partial charge is 0.475 e. The van der Waals surface area contributed by atoms with Crippen LogP contribution in [0.3, 0.4) is 0 Å². The van der Waals surface area contributed by atoms with E-state index in [9.17, 15) is 18.0 Å². The van der Waals surface area contributed by atoms with Crippen LogP contribution in [0.4, 0.5) is 13.2 Å². The summed E-state index contributed by atoms with van der Waals surface area (Å²) in [6.45, 7) is 1.98. The van der Waals surface area contributed by atoms with Gasteiger partial charge in [-0.15, -0.1) is 5.10 Å². The number of aliphatic carboxylic acids is 1. The van der Waals surface area contributed by atoms with Gasteiger partial charge in [-0.3, -0.25) is 4.79 Å². The van der Waals surface area contributed by atoms with Crippen molar-refractivity contribution in [1.29, 1.82) is 0 Å². The van der Waals surface area contributed by atoms with Gasteiger partial charge >= 0.3 is 12.1 Å². The fraction of sp³-hybridized carbons (Fsp3) is 0.444. The van der Waals surface area contributed by atoms with Crippen molar-refractivity contribution in [1.82, 2.24) is 19.9 Å². The molecule has 10 nitrogen and oxygen atoms in total. The number of likely N-dealkylation sites (tertiary alicyclic amines) is 1. The molecule has 2 aliphatic rings. The van der Waals surface area contributed by atoms with Crippen LogP contribution in [0.2, 0.25) is 0 Å². The fourth-order valence-corrected chi connectivity index (χ4v) is 3.13. The molecule has 1 aromatic carbocycles. The Bertz CT molecular complexity index is 941. The number of ether oxygens (including phenoxy) is 2. The number of hydrogen-bond acceptors (Lipinski definition) is 7. The summed E-state index contributed by atoms with van der Waals surface area (Å²) in [6.07, 6.45) is -1.49. The SMILES string of the molecule is NCc1cn(C2CCN(C(=O)c3ccc4c(c3)OCO4)CC2)nn1.O=C(O)C(F)(F)F. The van der Waals surface area contributed by atoms with Crippen LogP contribution >= 0.6 is 0 Å². The Morgan fingerprint density at radius 2 is 1.84 bits per heavy atom. The van der Waals surface area contributed by atoms with Crippen LogP contribution in [0.1, 0.15) is 34.9 Å². The minimum Gasteiger partial charge on any atom is -0.475 e. The van der Waals surface area contributed by atoms with E-state index >= 15 is 0 Å². The van der Waals surface area contributed by atoms with Gasteiger partial charge in [-0.2, -0.15) is 13.2 Å². The average molecular weight is 443 g/mol. The van der Waals surface area contributed by atoms with Gasteiger partial charge in [0, 0.05) is 25.2 Å². The maximum Gasteiger partial charge on any atom is 0.490 e. The van der Waals surface area contributed by atoms with E-state index in [1.165, 1.54) is 0 Å². The summed E-state index contributed by atoms with van der Waals surface area (Å²) >= 11 is 0. The third-order valence-electron chi connectivity index (χ3n) is 4.75. The monoisotopic (exact) mass is 443 g/mol. The lowest BCUT2D eigenvalue weighted by atomic mass is 10.0. The number of halogens is 3. The summed E-state index contributed by atoms with van der Waals surface area (Å²) < 4.78 is 44.2. The standard InChI is InChI=1S/C16H19N5O3.C2HF3O2/c17-8-12-9-21(19-18-12)13-3-5-20(6-4-13)16(22)11-1-2-14-15(7-11)24-10-23-14;3-2(4,5)1(6)7/h1-2,7,9,13H,3-6,8,10,17H2;(H,6,7). The van der Waals surface area contributed by atoms with Gasteiger partial charge in [0.15, 0.2) is 11.5 Å². The van der Waals surface area contributed by atoms with Crippen LogP contribution in [0.15, 0.2) is 24.4 Å². The van der Waals surface area contributed by atoms with Crippen molar-refractivity contribution < 1.29 is 37.3 Å². The van der Waals surface area contributed by atoms with Crippen molar-refractivity contribution in [2.24, 2.45) is 5.73 Å². The lowest BCUT2D eigenvalue weighted by Gasteiger charge is -2.31. The van der Waals surface area contributed by atoms with E-state index < -0.39 is 12.1 Å². The summed E-state index contributed by atoms with van der Waals surface area (Å²) in [5, 5.41) is 15.3. The summed E-state index contributed by atoms with van der Waals surface area (Å²) in [5.41, 5.74) is 6.98. The second-order valence-corrected chi connectivity index (χ2v) is 6.79. The van der Waals surface area contributed by atoms with Gasteiger partial charge in [0.2, 0.25) is 6.79 Å². The normalized spacial score (nSPS) is 15.9. The van der Waals surface area contributed by atoms with Gasteiger partial charge in [-0.1, -0.05) is 5.21 Å². The predicted octanol–water partition coefficient (Wildman–Crippen LogP) is 1.58. The first-order valence-corrected chi connectivity index (χ1v) is 9.29. The molecule has 1 saturated heterocycles. The largest absolute Gasteiger partial charge is 0.490 e. The van der Waals surface area contributed by atoms with Crippen LogP contribution < -0.4 is 15.2 Å². The van der Waals surface area contributed by atoms with Crippen molar-refractivity contribution in [2.45, 2.75) is 31.6 Å². The molecule has 4 rings (SSSR count). The van der Waals surface area contributed by atoms with Gasteiger partial charge in [0.25, 0.3) is 5.91 Å². The molecule has 0 atom stereocenters. The number of piperidine rings is 1. The second kappa shape index (κ2) is 9.20. The Hall–Kier alpha value is -3.35. The molecule has 13 heteroatoms. The van der Waals surface area contributed by atoms with Gasteiger partial charge in [-0.25, -0.2) is 9.48 Å². The fourth-order valence-electron chi connectivity index (χ4n) is 3.13. The Labute approximate surface area is 174 Å². The number of aromatic nitrogens is 3. The average Bonchev–Trinajstić information content (AvgIpc) is 3.42. The van der Waals surface area contributed by atoms with Gasteiger partial charge in [0.05, 0.1) is 17.9 Å². The molecular formula is C18H20F3N5O5. The molecule has 2 aromatic rings. The summed E-state index contributed by atoms with van der Waals surface area (Å²) in [6, 6.07) is 5.58. The van der Waals surface area contributed by atoms with E-state index in [0.717, 1.165) is 18.5 Å². The highest BCUT2D eigenvalue weighted by molar-refractivity contribution is 5.95. The maximum atomic E-state index is 12.7. The Kier molecular flexibility index (Phi) is 6.63. The first-order chi connectivity index (χ1) is 14.7. The number of fused-ring (bicyclic) bond motifs is 1. The van der Waals surface area contributed by atoms with Crippen molar-refractivity contribution in [3.63, 3.8) is 0 Å². The molecule has 0 spiro atoms. The molecule has 3 heterocycles. The molecule has 3 N–H and O–H groups in total. The lowest BCUT2D eigenvalue weighted by Crippen LogP contribution is -2.39. The summed E-state index contributed by atoms with van der Waals surface area (Å²) in [7, 11) is 0. The van der Waals surface area contributed by atoms with E-state index in [0.29, 0.717) is 36.7 Å². The Balaban J connectivity index is 0.000000339. The molecule has 1 amide bonds. The van der Waals surface area contributed by atoms with Crippen molar-refractivity contribution in [2.75, 3.05) is 19.9 Å². The van der Waals surface area contributed by atoms with Crippen LogP contribution in [0, 0.1) is 0 Å². The molecule has 0 radical (unpaired) electrons. The molecule has 1 fully saturated rings. The molecule has 0 bridgehead atoms. The zero-order valence-corrected chi connectivity index (χ0v) is 16.2. The topological polar surface area (TPSA) is 133 Å². The first-order valence-electron chi connectivity index (χ1n) is 9.29. The van der Waals surface area contributed by atoms with E-state index in [-0.39, 0.29) is 18.7 Å². The van der Waals surface area contributed by atoms with E-state index in [4.69, 9.17) is 25.1 Å². The number of carboxylic acids is 1. The van der Waals surface area contributed by atoms with Crippen molar-refractivity contribution in [3.8, 4) is 11.5 Å². The number of alkyl halides is 3. The van der Waals surface area contributed by atoms with Crippen LogP contribution in [-0.4, -0.2) is 62.9 Å². The number of carboxylic acid groups (broad SMARTS) is 1. The minimum absolute atomic E-state index is 0.0213. The molecular weight excluding hydrogens is 423 g/mol. The number of nitrogens with zero attached hydrogens (tertiary/aromatic N) is 4. The number of rotatable bonds is 3. The number of carbonyl (C=O) groups excluding carboxylic acids is 1. The predicted molar refractivity (Wildman–Crippen MR) is 98.3 cm³/mol. The molecule has 2 aliphatic heterocycles.